The molecule has 4 aromatic rings. The van der Waals surface area contributed by atoms with Crippen molar-refractivity contribution in [3.8, 4) is 5.88 Å². The van der Waals surface area contributed by atoms with Crippen molar-refractivity contribution in [3.63, 3.8) is 0 Å². The number of benzene rings is 1. The molecule has 1 aliphatic carbocycles. The average Bonchev–Trinajstić information content (AvgIpc) is 3.29. The molecule has 0 aliphatic heterocycles. The molecule has 11 heteroatoms. The molecule has 29 heavy (non-hydrogen) atoms. The number of ether oxygens (including phenoxy) is 1. The van der Waals surface area contributed by atoms with Crippen molar-refractivity contribution in [1.29, 1.82) is 0 Å². The second-order valence-corrected chi connectivity index (χ2v) is 8.55. The Kier molecular flexibility index (Phi) is 4.68. The maximum Gasteiger partial charge on any atom is 0.321 e. The molecule has 148 valence electrons. The van der Waals surface area contributed by atoms with Crippen LogP contribution in [0.1, 0.15) is 19.8 Å². The van der Waals surface area contributed by atoms with E-state index in [2.05, 4.69) is 30.9 Å². The number of amides is 2. The lowest BCUT2D eigenvalue weighted by Gasteiger charge is -2.03. The number of nitrogens with one attached hydrogen (secondary N) is 2. The van der Waals surface area contributed by atoms with E-state index in [9.17, 15) is 4.79 Å². The van der Waals surface area contributed by atoms with E-state index in [1.54, 1.807) is 10.6 Å². The Balaban J connectivity index is 1.37. The zero-order valence-electron chi connectivity index (χ0n) is 15.5. The number of anilines is 1. The number of urea groups is 1. The number of nitrogens with zero attached hydrogens (tertiary/aromatic N) is 5. The Labute approximate surface area is 173 Å². The van der Waals surface area contributed by atoms with Gasteiger partial charge in [0.25, 0.3) is 0 Å². The molecular weight excluding hydrogens is 410 g/mol. The van der Waals surface area contributed by atoms with Crippen LogP contribution in [0.2, 0.25) is 0 Å². The number of rotatable bonds is 6. The van der Waals surface area contributed by atoms with Crippen molar-refractivity contribution < 1.29 is 9.53 Å². The van der Waals surface area contributed by atoms with Gasteiger partial charge in [0.1, 0.15) is 0 Å². The van der Waals surface area contributed by atoms with Crippen LogP contribution in [0.15, 0.2) is 40.4 Å². The fourth-order valence-electron chi connectivity index (χ4n) is 2.71. The fourth-order valence-corrected chi connectivity index (χ4v) is 4.52. The van der Waals surface area contributed by atoms with Crippen molar-refractivity contribution in [2.24, 2.45) is 0 Å². The van der Waals surface area contributed by atoms with Crippen LogP contribution in [0.4, 0.5) is 9.93 Å². The molecule has 2 N–H and O–H groups in total. The van der Waals surface area contributed by atoms with Gasteiger partial charge in [0.2, 0.25) is 11.0 Å². The van der Waals surface area contributed by atoms with Gasteiger partial charge < -0.3 is 10.1 Å². The smallest absolute Gasteiger partial charge is 0.321 e. The lowest BCUT2D eigenvalue weighted by molar-refractivity contribution is 0.251. The molecule has 2 amide bonds. The van der Waals surface area contributed by atoms with E-state index < -0.39 is 0 Å². The molecular formula is C18H17N7O2S2. The zero-order valence-corrected chi connectivity index (χ0v) is 17.1. The molecule has 0 spiro atoms. The maximum atomic E-state index is 11.9. The third-order valence-corrected chi connectivity index (χ3v) is 6.06. The molecule has 1 aromatic carbocycles. The fraction of sp³-hybridized carbons (Fsp3) is 0.278. The van der Waals surface area contributed by atoms with Crippen molar-refractivity contribution in [3.05, 3.63) is 30.3 Å². The number of carbonyl (C=O) groups is 1. The highest BCUT2D eigenvalue weighted by molar-refractivity contribution is 7.99. The minimum Gasteiger partial charge on any atom is -0.477 e. The molecule has 1 aliphatic rings. The predicted molar refractivity (Wildman–Crippen MR) is 111 cm³/mol. The van der Waals surface area contributed by atoms with Crippen LogP contribution >= 0.6 is 23.1 Å². The molecule has 0 unspecified atom stereocenters. The van der Waals surface area contributed by atoms with Gasteiger partial charge in [-0.3, -0.25) is 5.32 Å². The van der Waals surface area contributed by atoms with Crippen molar-refractivity contribution in [2.75, 3.05) is 11.9 Å². The van der Waals surface area contributed by atoms with Gasteiger partial charge >= 0.3 is 6.03 Å². The standard InChI is InChI=1S/C18H17N7O2S2/c1-2-27-15-8-7-14-22-23-18(25(14)24-15)28-11-5-6-12-13(9-11)29-17(20-12)21-16(26)19-10-3-4-10/h5-10H,2-4H2,1H3,(H2,19,20,21,26). The Morgan fingerprint density at radius 3 is 3.03 bits per heavy atom. The quantitative estimate of drug-likeness (QED) is 0.484. The van der Waals surface area contributed by atoms with Crippen LogP contribution in [0.3, 0.4) is 0 Å². The summed E-state index contributed by atoms with van der Waals surface area (Å²) >= 11 is 2.89. The van der Waals surface area contributed by atoms with Gasteiger partial charge in [-0.2, -0.15) is 4.52 Å². The van der Waals surface area contributed by atoms with E-state index in [0.29, 0.717) is 34.5 Å². The second-order valence-electron chi connectivity index (χ2n) is 6.48. The maximum absolute atomic E-state index is 11.9. The Hall–Kier alpha value is -2.92. The summed E-state index contributed by atoms with van der Waals surface area (Å²) in [7, 11) is 0. The molecule has 5 rings (SSSR count). The summed E-state index contributed by atoms with van der Waals surface area (Å²) in [5.74, 6) is 0.528. The molecule has 3 heterocycles. The molecule has 0 radical (unpaired) electrons. The van der Waals surface area contributed by atoms with E-state index in [-0.39, 0.29) is 6.03 Å². The van der Waals surface area contributed by atoms with E-state index in [0.717, 1.165) is 28.0 Å². The van der Waals surface area contributed by atoms with Gasteiger partial charge in [0, 0.05) is 17.0 Å². The largest absolute Gasteiger partial charge is 0.477 e. The van der Waals surface area contributed by atoms with E-state index >= 15 is 0 Å². The minimum atomic E-state index is -0.202. The summed E-state index contributed by atoms with van der Waals surface area (Å²) in [6.45, 7) is 2.46. The van der Waals surface area contributed by atoms with Crippen molar-refractivity contribution >= 4 is 50.1 Å². The average molecular weight is 428 g/mol. The molecule has 1 saturated carbocycles. The lowest BCUT2D eigenvalue weighted by atomic mass is 10.3. The Morgan fingerprint density at radius 2 is 2.21 bits per heavy atom. The predicted octanol–water partition coefficient (Wildman–Crippen LogP) is 3.57. The summed E-state index contributed by atoms with van der Waals surface area (Å²) in [6, 6.07) is 9.63. The van der Waals surface area contributed by atoms with Gasteiger partial charge in [-0.1, -0.05) is 11.3 Å². The molecule has 0 bridgehead atoms. The highest BCUT2D eigenvalue weighted by Gasteiger charge is 2.23. The third-order valence-electron chi connectivity index (χ3n) is 4.20. The first kappa shape index (κ1) is 18.1. The number of carbonyl (C=O) groups excluding carboxylic acids is 1. The molecule has 3 aromatic heterocycles. The highest BCUT2D eigenvalue weighted by atomic mass is 32.2. The summed E-state index contributed by atoms with van der Waals surface area (Å²) in [4.78, 5) is 17.4. The monoisotopic (exact) mass is 427 g/mol. The number of fused-ring (bicyclic) bond motifs is 2. The van der Waals surface area contributed by atoms with Crippen LogP contribution in [0.25, 0.3) is 15.9 Å². The molecule has 0 saturated heterocycles. The van der Waals surface area contributed by atoms with Crippen LogP contribution in [-0.2, 0) is 0 Å². The lowest BCUT2D eigenvalue weighted by Crippen LogP contribution is -2.30. The van der Waals surface area contributed by atoms with E-state index in [1.807, 2.05) is 31.2 Å². The number of hydrogen-bond acceptors (Lipinski definition) is 8. The van der Waals surface area contributed by atoms with E-state index in [4.69, 9.17) is 4.74 Å². The number of thiazole rings is 1. The summed E-state index contributed by atoms with van der Waals surface area (Å²) < 4.78 is 8.11. The first-order chi connectivity index (χ1) is 14.2. The normalized spacial score (nSPS) is 13.7. The number of aromatic nitrogens is 5. The molecule has 9 nitrogen and oxygen atoms in total. The van der Waals surface area contributed by atoms with Gasteiger partial charge in [-0.05, 0) is 55.8 Å². The summed E-state index contributed by atoms with van der Waals surface area (Å²) in [5.41, 5.74) is 1.49. The zero-order chi connectivity index (χ0) is 19.8. The SMILES string of the molecule is CCOc1ccc2nnc(Sc3ccc4nc(NC(=O)NC5CC5)sc4c3)n2n1. The van der Waals surface area contributed by atoms with E-state index in [1.165, 1.54) is 23.1 Å². The summed E-state index contributed by atoms with van der Waals surface area (Å²) in [6.07, 6.45) is 2.10. The minimum absolute atomic E-state index is 0.202. The highest BCUT2D eigenvalue weighted by Crippen LogP contribution is 2.33. The topological polar surface area (TPSA) is 106 Å². The summed E-state index contributed by atoms with van der Waals surface area (Å²) in [5, 5.41) is 19.7. The van der Waals surface area contributed by atoms with Crippen molar-refractivity contribution in [1.82, 2.24) is 30.1 Å². The molecule has 0 atom stereocenters. The third kappa shape index (κ3) is 3.96. The van der Waals surface area contributed by atoms with Crippen LogP contribution < -0.4 is 15.4 Å². The van der Waals surface area contributed by atoms with Gasteiger partial charge in [0.15, 0.2) is 10.8 Å². The van der Waals surface area contributed by atoms with Crippen LogP contribution in [0, 0.1) is 0 Å². The van der Waals surface area contributed by atoms with Crippen molar-refractivity contribution in [2.45, 2.75) is 35.9 Å². The van der Waals surface area contributed by atoms with Gasteiger partial charge in [-0.25, -0.2) is 9.78 Å². The Bertz CT molecular complexity index is 1200. The van der Waals surface area contributed by atoms with Gasteiger partial charge in [-0.15, -0.1) is 15.3 Å². The Morgan fingerprint density at radius 1 is 1.31 bits per heavy atom. The first-order valence-corrected chi connectivity index (χ1v) is 10.8. The van der Waals surface area contributed by atoms with Crippen LogP contribution in [-0.4, -0.2) is 43.5 Å². The first-order valence-electron chi connectivity index (χ1n) is 9.19. The van der Waals surface area contributed by atoms with Crippen LogP contribution in [0.5, 0.6) is 5.88 Å². The molecule has 1 fully saturated rings. The number of hydrogen-bond donors (Lipinski definition) is 2. The second kappa shape index (κ2) is 7.48. The van der Waals surface area contributed by atoms with Gasteiger partial charge in [0.05, 0.1) is 16.8 Å².